The Labute approximate surface area is 168 Å². The highest BCUT2D eigenvalue weighted by Gasteiger charge is 2.23. The van der Waals surface area contributed by atoms with Crippen molar-refractivity contribution in [1.82, 2.24) is 9.97 Å². The maximum Gasteiger partial charge on any atom is 0.206 e. The van der Waals surface area contributed by atoms with Gasteiger partial charge in [0.25, 0.3) is 0 Å². The van der Waals surface area contributed by atoms with Gasteiger partial charge in [0.05, 0.1) is 11.8 Å². The molecule has 0 saturated heterocycles. The van der Waals surface area contributed by atoms with E-state index in [1.54, 1.807) is 6.33 Å². The molecule has 1 aliphatic heterocycles. The van der Waals surface area contributed by atoms with Crippen molar-refractivity contribution in [3.8, 4) is 0 Å². The van der Waals surface area contributed by atoms with E-state index in [0.717, 1.165) is 46.7 Å². The van der Waals surface area contributed by atoms with Crippen LogP contribution in [0.5, 0.6) is 0 Å². The van der Waals surface area contributed by atoms with Crippen LogP contribution in [0.25, 0.3) is 10.9 Å². The third-order valence-electron chi connectivity index (χ3n) is 3.84. The van der Waals surface area contributed by atoms with Crippen molar-refractivity contribution in [2.45, 2.75) is 6.42 Å². The number of primary sulfonamides is 1. The summed E-state index contributed by atoms with van der Waals surface area (Å²) in [5.74, 6) is 0.904. The topological polar surface area (TPSA) is 115 Å². The zero-order valence-electron chi connectivity index (χ0n) is 14.5. The number of nitrogen functional groups attached to an aromatic ring is 1. The minimum absolute atomic E-state index is 0. The highest BCUT2D eigenvalue weighted by atomic mass is 35.5. The van der Waals surface area contributed by atoms with Crippen molar-refractivity contribution in [2.75, 3.05) is 23.4 Å². The molecule has 0 bridgehead atoms. The van der Waals surface area contributed by atoms with E-state index in [1.807, 2.05) is 30.3 Å². The van der Waals surface area contributed by atoms with Gasteiger partial charge in [-0.15, -0.1) is 12.4 Å². The molecule has 4 rings (SSSR count). The fourth-order valence-corrected chi connectivity index (χ4v) is 3.01. The van der Waals surface area contributed by atoms with E-state index in [9.17, 15) is 8.42 Å². The summed E-state index contributed by atoms with van der Waals surface area (Å²) < 4.78 is 18.8. The first-order valence-electron chi connectivity index (χ1n) is 7.76. The van der Waals surface area contributed by atoms with E-state index < -0.39 is 10.0 Å². The average Bonchev–Trinajstić information content (AvgIpc) is 2.95. The first-order valence-corrected chi connectivity index (χ1v) is 10.1. The van der Waals surface area contributed by atoms with Crippen LogP contribution in [-0.2, 0) is 16.4 Å². The summed E-state index contributed by atoms with van der Waals surface area (Å²) in [4.78, 5) is 11.0. The van der Waals surface area contributed by atoms with Crippen LogP contribution in [0.3, 0.4) is 0 Å². The molecular weight excluding hydrogens is 409 g/mol. The molecular formula is C17H19Cl2N5O2S. The van der Waals surface area contributed by atoms with Gasteiger partial charge in [0.15, 0.2) is 0 Å². The largest absolute Gasteiger partial charge is 0.399 e. The molecule has 1 aromatic heterocycles. The maximum atomic E-state index is 9.41. The zero-order chi connectivity index (χ0) is 18.9. The highest BCUT2D eigenvalue weighted by molar-refractivity contribution is 7.88. The lowest BCUT2D eigenvalue weighted by Crippen LogP contribution is -2.15. The van der Waals surface area contributed by atoms with Crippen LogP contribution in [0.4, 0.5) is 17.2 Å². The predicted octanol–water partition coefficient (Wildman–Crippen LogP) is 2.89. The van der Waals surface area contributed by atoms with Gasteiger partial charge in [0.1, 0.15) is 12.1 Å². The van der Waals surface area contributed by atoms with Gasteiger partial charge in [-0.05, 0) is 42.3 Å². The number of nitrogens with two attached hydrogens (primary N) is 2. The van der Waals surface area contributed by atoms with Gasteiger partial charge < -0.3 is 10.6 Å². The fraction of sp³-hybridized carbons (Fsp3) is 0.176. The van der Waals surface area contributed by atoms with Crippen LogP contribution in [0.2, 0.25) is 5.02 Å². The summed E-state index contributed by atoms with van der Waals surface area (Å²) in [6.45, 7) is 0.895. The molecule has 4 N–H and O–H groups in total. The molecule has 0 fully saturated rings. The van der Waals surface area contributed by atoms with Crippen LogP contribution in [0, 0.1) is 0 Å². The Morgan fingerprint density at radius 1 is 1.15 bits per heavy atom. The van der Waals surface area contributed by atoms with Crippen molar-refractivity contribution in [1.29, 1.82) is 0 Å². The molecule has 0 radical (unpaired) electrons. The normalized spacial score (nSPS) is 12.8. The van der Waals surface area contributed by atoms with E-state index >= 15 is 0 Å². The van der Waals surface area contributed by atoms with Crippen molar-refractivity contribution < 1.29 is 8.42 Å². The maximum absolute atomic E-state index is 9.41. The zero-order valence-corrected chi connectivity index (χ0v) is 16.9. The van der Waals surface area contributed by atoms with E-state index in [-0.39, 0.29) is 12.4 Å². The summed E-state index contributed by atoms with van der Waals surface area (Å²) in [7, 11) is -3.17. The minimum atomic E-state index is -3.17. The molecule has 0 spiro atoms. The first kappa shape index (κ1) is 21.2. The van der Waals surface area contributed by atoms with E-state index in [2.05, 4.69) is 26.1 Å². The van der Waals surface area contributed by atoms with Gasteiger partial charge >= 0.3 is 0 Å². The molecule has 1 aliphatic rings. The Morgan fingerprint density at radius 2 is 1.85 bits per heavy atom. The summed E-state index contributed by atoms with van der Waals surface area (Å²) >= 11 is 6.14. The molecule has 7 nitrogen and oxygen atoms in total. The van der Waals surface area contributed by atoms with E-state index in [1.165, 1.54) is 5.56 Å². The third-order valence-corrected chi connectivity index (χ3v) is 4.07. The van der Waals surface area contributed by atoms with Gasteiger partial charge in [-0.3, -0.25) is 0 Å². The van der Waals surface area contributed by atoms with Gasteiger partial charge in [0, 0.05) is 28.3 Å². The summed E-state index contributed by atoms with van der Waals surface area (Å²) in [6, 6.07) is 11.7. The van der Waals surface area contributed by atoms with Crippen molar-refractivity contribution >= 4 is 62.1 Å². The van der Waals surface area contributed by atoms with Gasteiger partial charge in [-0.2, -0.15) is 0 Å². The molecule has 2 aromatic carbocycles. The monoisotopic (exact) mass is 427 g/mol. The second kappa shape index (κ2) is 8.26. The second-order valence-corrected chi connectivity index (χ2v) is 8.07. The third kappa shape index (κ3) is 5.20. The molecule has 3 aromatic rings. The lowest BCUT2D eigenvalue weighted by Gasteiger charge is -2.20. The van der Waals surface area contributed by atoms with Gasteiger partial charge in [-0.1, -0.05) is 17.7 Å². The number of hydrogen-bond acceptors (Lipinski definition) is 6. The number of aromatic nitrogens is 2. The SMILES string of the molecule is CS(N)(=O)=O.Cl.Nc1ccc2c(N3CCc4ccc(Cl)cc43)ncnc2c1. The second-order valence-electron chi connectivity index (χ2n) is 5.98. The van der Waals surface area contributed by atoms with Gasteiger partial charge in [-0.25, -0.2) is 23.5 Å². The summed E-state index contributed by atoms with van der Waals surface area (Å²) in [5, 5.41) is 6.07. The Hall–Kier alpha value is -2.13. The highest BCUT2D eigenvalue weighted by Crippen LogP contribution is 2.37. The van der Waals surface area contributed by atoms with E-state index in [4.69, 9.17) is 17.3 Å². The summed E-state index contributed by atoms with van der Waals surface area (Å²) in [5.41, 5.74) is 9.81. The summed E-state index contributed by atoms with van der Waals surface area (Å²) in [6.07, 6.45) is 3.51. The Morgan fingerprint density at radius 3 is 2.56 bits per heavy atom. The number of halogens is 2. The molecule has 0 atom stereocenters. The van der Waals surface area contributed by atoms with Crippen LogP contribution >= 0.6 is 24.0 Å². The molecule has 2 heterocycles. The molecule has 0 unspecified atom stereocenters. The van der Waals surface area contributed by atoms with Crippen molar-refractivity contribution in [2.24, 2.45) is 5.14 Å². The molecule has 0 amide bonds. The molecule has 27 heavy (non-hydrogen) atoms. The quantitative estimate of drug-likeness (QED) is 0.576. The molecule has 144 valence electrons. The van der Waals surface area contributed by atoms with E-state index in [0.29, 0.717) is 5.69 Å². The van der Waals surface area contributed by atoms with Crippen LogP contribution in [-0.4, -0.2) is 31.2 Å². The minimum Gasteiger partial charge on any atom is -0.399 e. The van der Waals surface area contributed by atoms with Crippen molar-refractivity contribution in [3.05, 3.63) is 53.3 Å². The predicted molar refractivity (Wildman–Crippen MR) is 112 cm³/mol. The number of rotatable bonds is 1. The lowest BCUT2D eigenvalue weighted by molar-refractivity contribution is 0.603. The smallest absolute Gasteiger partial charge is 0.206 e. The first-order chi connectivity index (χ1) is 12.2. The van der Waals surface area contributed by atoms with Crippen molar-refractivity contribution in [3.63, 3.8) is 0 Å². The number of anilines is 3. The molecule has 0 aliphatic carbocycles. The Kier molecular flexibility index (Phi) is 6.48. The molecule has 0 saturated carbocycles. The number of sulfonamides is 1. The number of fused-ring (bicyclic) bond motifs is 2. The van der Waals surface area contributed by atoms with Crippen LogP contribution in [0.15, 0.2) is 42.7 Å². The Balaban J connectivity index is 0.000000390. The van der Waals surface area contributed by atoms with Gasteiger partial charge in [0.2, 0.25) is 10.0 Å². The fourth-order valence-electron chi connectivity index (χ4n) is 2.85. The average molecular weight is 428 g/mol. The molecule has 10 heteroatoms. The number of nitrogens with zero attached hydrogens (tertiary/aromatic N) is 3. The number of benzene rings is 2. The standard InChI is InChI=1S/C16H13ClN4.CH5NO2S.ClH/c17-11-2-1-10-5-6-21(15(10)7-11)16-13-4-3-12(18)8-14(13)19-9-20-16;1-5(2,3)4;/h1-4,7-9H,5-6,18H2;1H3,(H2,2,3,4);1H. The lowest BCUT2D eigenvalue weighted by atomic mass is 10.1. The van der Waals surface area contributed by atoms with Crippen LogP contribution < -0.4 is 15.8 Å². The Bertz CT molecular complexity index is 1070. The van der Waals surface area contributed by atoms with Crippen LogP contribution in [0.1, 0.15) is 5.56 Å². The number of hydrogen-bond donors (Lipinski definition) is 2.